The molecule has 0 bridgehead atoms. The van der Waals surface area contributed by atoms with Crippen molar-refractivity contribution in [3.05, 3.63) is 95.6 Å². The van der Waals surface area contributed by atoms with Crippen molar-refractivity contribution in [3.8, 4) is 0 Å². The lowest BCUT2D eigenvalue weighted by Gasteiger charge is -2.70. The summed E-state index contributed by atoms with van der Waals surface area (Å²) in [5.74, 6) is 1.13. The Hall–Kier alpha value is -2.24. The van der Waals surface area contributed by atoms with Crippen LogP contribution in [0.2, 0.25) is 0 Å². The molecular formula is C41H58O4. The van der Waals surface area contributed by atoms with Crippen LogP contribution in [0.5, 0.6) is 0 Å². The Morgan fingerprint density at radius 2 is 1.51 bits per heavy atom. The fraction of sp³-hybridized carbons (Fsp3) is 0.610. The van der Waals surface area contributed by atoms with Gasteiger partial charge in [-0.3, -0.25) is 0 Å². The van der Waals surface area contributed by atoms with Crippen LogP contribution in [0.25, 0.3) is 0 Å². The Labute approximate surface area is 273 Å². The maximum Gasteiger partial charge on any atom is 0.147 e. The Morgan fingerprint density at radius 3 is 2.13 bits per heavy atom. The molecular weight excluding hydrogens is 556 g/mol. The van der Waals surface area contributed by atoms with Gasteiger partial charge in [0.2, 0.25) is 0 Å². The first-order valence-corrected chi connectivity index (χ1v) is 17.2. The third-order valence-corrected chi connectivity index (χ3v) is 12.9. The van der Waals surface area contributed by atoms with Crippen LogP contribution in [0.1, 0.15) is 91.2 Å². The number of ether oxygens (including phenoxy) is 4. The zero-order valence-electron chi connectivity index (χ0n) is 29.1. The Kier molecular flexibility index (Phi) is 10.5. The van der Waals surface area contributed by atoms with E-state index in [9.17, 15) is 0 Å². The maximum atomic E-state index is 6.77. The van der Waals surface area contributed by atoms with Crippen LogP contribution in [0.15, 0.2) is 84.5 Å². The van der Waals surface area contributed by atoms with Gasteiger partial charge in [-0.1, -0.05) is 106 Å². The van der Waals surface area contributed by atoms with Crippen LogP contribution in [0, 0.1) is 33.5 Å². The Morgan fingerprint density at radius 1 is 0.867 bits per heavy atom. The van der Waals surface area contributed by atoms with Gasteiger partial charge in [-0.15, -0.1) is 6.58 Å². The Bertz CT molecular complexity index is 1300. The van der Waals surface area contributed by atoms with Crippen LogP contribution < -0.4 is 0 Å². The van der Waals surface area contributed by atoms with E-state index in [-0.39, 0.29) is 40.7 Å². The van der Waals surface area contributed by atoms with Gasteiger partial charge >= 0.3 is 0 Å². The van der Waals surface area contributed by atoms with Gasteiger partial charge in [-0.2, -0.15) is 0 Å². The minimum absolute atomic E-state index is 0.0457. The van der Waals surface area contributed by atoms with Gasteiger partial charge in [-0.05, 0) is 91.6 Å². The molecule has 2 aromatic rings. The van der Waals surface area contributed by atoms with Crippen molar-refractivity contribution in [2.75, 3.05) is 20.5 Å². The summed E-state index contributed by atoms with van der Waals surface area (Å²) >= 11 is 0. The molecule has 2 saturated carbocycles. The molecule has 1 unspecified atom stereocenters. The monoisotopic (exact) mass is 614 g/mol. The molecule has 4 heteroatoms. The molecule has 0 aliphatic heterocycles. The molecule has 3 aliphatic rings. The fourth-order valence-corrected chi connectivity index (χ4v) is 10.3. The molecule has 0 heterocycles. The van der Waals surface area contributed by atoms with Crippen molar-refractivity contribution in [3.63, 3.8) is 0 Å². The number of hydrogen-bond acceptors (Lipinski definition) is 4. The quantitative estimate of drug-likeness (QED) is 0.166. The molecule has 0 radical (unpaired) electrons. The first kappa shape index (κ1) is 34.1. The minimum Gasteiger partial charge on any atom is -0.376 e. The van der Waals surface area contributed by atoms with Crippen molar-refractivity contribution in [1.29, 1.82) is 0 Å². The smallest absolute Gasteiger partial charge is 0.147 e. The standard InChI is InChI=1S/C41H58O4/c1-9-34(45-29-42-8)25-41(28-43-26-32-16-12-10-13-17-32)31(3)30(2)24-36-39(6)22-21-37(44-27-33-18-14-11-15-19-33)38(4,5)35(39)20-23-40(36,41)7/h9-19,34-37H,1,20-29H2,2-8H3/t34?,35-,36+,37-,39-,40+,41+/m1/s1. The van der Waals surface area contributed by atoms with Crippen LogP contribution >= 0.6 is 0 Å². The molecule has 246 valence electrons. The molecule has 0 saturated heterocycles. The summed E-state index contributed by atoms with van der Waals surface area (Å²) in [7, 11) is 1.69. The summed E-state index contributed by atoms with van der Waals surface area (Å²) in [6.07, 6.45) is 8.77. The van der Waals surface area contributed by atoms with Gasteiger partial charge in [0.05, 0.1) is 32.0 Å². The highest BCUT2D eigenvalue weighted by molar-refractivity contribution is 5.32. The number of allylic oxidation sites excluding steroid dienone is 1. The SMILES string of the molecule is C=CC(C[C@]1(COCc2ccccc2)C(C)=C(C)C[C@H]2[C@]3(C)CC[C@@H](OCc4ccccc4)C(C)(C)[C@H]3CC[C@@]21C)OCOC. The number of benzene rings is 2. The maximum absolute atomic E-state index is 6.77. The van der Waals surface area contributed by atoms with Crippen molar-refractivity contribution >= 4 is 0 Å². The summed E-state index contributed by atoms with van der Waals surface area (Å²) in [5.41, 5.74) is 5.64. The summed E-state index contributed by atoms with van der Waals surface area (Å²) in [6.45, 7) is 21.4. The van der Waals surface area contributed by atoms with Crippen LogP contribution in [-0.4, -0.2) is 32.7 Å². The lowest BCUT2D eigenvalue weighted by molar-refractivity contribution is -0.220. The second-order valence-corrected chi connectivity index (χ2v) is 15.4. The van der Waals surface area contributed by atoms with Gasteiger partial charge in [-0.25, -0.2) is 0 Å². The van der Waals surface area contributed by atoms with E-state index in [4.69, 9.17) is 18.9 Å². The number of methoxy groups -OCH3 is 1. The molecule has 3 aliphatic carbocycles. The van der Waals surface area contributed by atoms with E-state index in [1.807, 2.05) is 6.08 Å². The average Bonchev–Trinajstić information content (AvgIpc) is 3.03. The van der Waals surface area contributed by atoms with Crippen LogP contribution in [0.4, 0.5) is 0 Å². The number of rotatable bonds is 13. The van der Waals surface area contributed by atoms with E-state index >= 15 is 0 Å². The Balaban J connectivity index is 1.48. The zero-order valence-corrected chi connectivity index (χ0v) is 29.1. The van der Waals surface area contributed by atoms with E-state index in [0.717, 1.165) is 19.3 Å². The number of fused-ring (bicyclic) bond motifs is 3. The predicted molar refractivity (Wildman–Crippen MR) is 184 cm³/mol. The van der Waals surface area contributed by atoms with E-state index < -0.39 is 0 Å². The van der Waals surface area contributed by atoms with Gasteiger partial charge in [0, 0.05) is 12.5 Å². The van der Waals surface area contributed by atoms with E-state index in [2.05, 4.69) is 109 Å². The summed E-state index contributed by atoms with van der Waals surface area (Å²) in [6, 6.07) is 21.2. The average molecular weight is 615 g/mol. The highest BCUT2D eigenvalue weighted by atomic mass is 16.7. The highest BCUT2D eigenvalue weighted by Gasteiger charge is 2.67. The second kappa shape index (κ2) is 13.9. The van der Waals surface area contributed by atoms with Crippen molar-refractivity contribution in [2.24, 2.45) is 33.5 Å². The van der Waals surface area contributed by atoms with Gasteiger partial charge < -0.3 is 18.9 Å². The highest BCUT2D eigenvalue weighted by Crippen LogP contribution is 2.73. The number of hydrogen-bond donors (Lipinski definition) is 0. The molecule has 2 aromatic carbocycles. The molecule has 0 aromatic heterocycles. The molecule has 2 fully saturated rings. The fourth-order valence-electron chi connectivity index (χ4n) is 10.3. The van der Waals surface area contributed by atoms with Gasteiger partial charge in [0.25, 0.3) is 0 Å². The van der Waals surface area contributed by atoms with Crippen molar-refractivity contribution in [2.45, 2.75) is 105 Å². The topological polar surface area (TPSA) is 36.9 Å². The molecule has 4 nitrogen and oxygen atoms in total. The van der Waals surface area contributed by atoms with Gasteiger partial charge in [0.15, 0.2) is 0 Å². The molecule has 0 spiro atoms. The summed E-state index contributed by atoms with van der Waals surface area (Å²) < 4.78 is 25.1. The normalized spacial score (nSPS) is 33.3. The molecule has 7 atom stereocenters. The van der Waals surface area contributed by atoms with E-state index in [0.29, 0.717) is 31.7 Å². The first-order valence-electron chi connectivity index (χ1n) is 17.2. The van der Waals surface area contributed by atoms with Gasteiger partial charge in [0.1, 0.15) is 6.79 Å². The van der Waals surface area contributed by atoms with E-state index in [1.54, 1.807) is 7.11 Å². The van der Waals surface area contributed by atoms with Crippen LogP contribution in [0.3, 0.4) is 0 Å². The third kappa shape index (κ3) is 6.38. The second-order valence-electron chi connectivity index (χ2n) is 15.4. The zero-order chi connectivity index (χ0) is 32.3. The van der Waals surface area contributed by atoms with Crippen LogP contribution in [-0.2, 0) is 32.2 Å². The lowest BCUT2D eigenvalue weighted by Crippen LogP contribution is -2.64. The van der Waals surface area contributed by atoms with Crippen molar-refractivity contribution in [1.82, 2.24) is 0 Å². The van der Waals surface area contributed by atoms with E-state index in [1.165, 1.54) is 41.5 Å². The van der Waals surface area contributed by atoms with Crippen molar-refractivity contribution < 1.29 is 18.9 Å². The molecule has 45 heavy (non-hydrogen) atoms. The lowest BCUT2D eigenvalue weighted by atomic mass is 9.35. The summed E-state index contributed by atoms with van der Waals surface area (Å²) in [5, 5.41) is 0. The summed E-state index contributed by atoms with van der Waals surface area (Å²) in [4.78, 5) is 0. The first-order chi connectivity index (χ1) is 21.5. The molecule has 0 N–H and O–H groups in total. The molecule has 0 amide bonds. The molecule has 5 rings (SSSR count). The third-order valence-electron chi connectivity index (χ3n) is 12.9. The largest absolute Gasteiger partial charge is 0.376 e. The predicted octanol–water partition coefficient (Wildman–Crippen LogP) is 9.94. The minimum atomic E-state index is -0.180.